The van der Waals surface area contributed by atoms with Crippen molar-refractivity contribution in [2.24, 2.45) is 0 Å². The normalized spacial score (nSPS) is 12.5. The summed E-state index contributed by atoms with van der Waals surface area (Å²) in [6.07, 6.45) is 3.48. The van der Waals surface area contributed by atoms with Crippen LogP contribution in [0.2, 0.25) is 0 Å². The van der Waals surface area contributed by atoms with E-state index < -0.39 is 0 Å². The van der Waals surface area contributed by atoms with E-state index in [1.165, 1.54) is 0 Å². The number of fused-ring (bicyclic) bond motifs is 2. The van der Waals surface area contributed by atoms with Crippen LogP contribution in [0.1, 0.15) is 24.1 Å². The van der Waals surface area contributed by atoms with Crippen LogP contribution in [0.3, 0.4) is 0 Å². The number of rotatable bonds is 3. The SMILES string of the molecule is CC(c1ccccc1)c1nc2cc3c(-c4ccncc4)n[nH]c3cc2[nH]c1=O. The Morgan fingerprint density at radius 3 is 2.54 bits per heavy atom. The van der Waals surface area contributed by atoms with Gasteiger partial charge in [0.1, 0.15) is 11.4 Å². The molecule has 0 amide bonds. The third kappa shape index (κ3) is 2.66. The number of H-pyrrole nitrogens is 2. The molecule has 0 bridgehead atoms. The van der Waals surface area contributed by atoms with Gasteiger partial charge in [-0.15, -0.1) is 0 Å². The lowest BCUT2D eigenvalue weighted by Gasteiger charge is -2.11. The number of aromatic amines is 2. The van der Waals surface area contributed by atoms with Crippen molar-refractivity contribution in [3.8, 4) is 11.3 Å². The minimum Gasteiger partial charge on any atom is -0.319 e. The average molecular weight is 367 g/mol. The van der Waals surface area contributed by atoms with E-state index in [1.54, 1.807) is 12.4 Å². The van der Waals surface area contributed by atoms with Crippen LogP contribution in [-0.4, -0.2) is 25.1 Å². The van der Waals surface area contributed by atoms with E-state index in [1.807, 2.05) is 61.5 Å². The van der Waals surface area contributed by atoms with E-state index in [0.29, 0.717) is 11.2 Å². The Morgan fingerprint density at radius 1 is 0.964 bits per heavy atom. The number of nitrogens with zero attached hydrogens (tertiary/aromatic N) is 3. The highest BCUT2D eigenvalue weighted by molar-refractivity contribution is 6.00. The van der Waals surface area contributed by atoms with E-state index in [2.05, 4.69) is 20.2 Å². The molecule has 136 valence electrons. The van der Waals surface area contributed by atoms with E-state index in [-0.39, 0.29) is 11.5 Å². The molecule has 0 saturated heterocycles. The quantitative estimate of drug-likeness (QED) is 0.504. The van der Waals surface area contributed by atoms with Crippen molar-refractivity contribution in [3.05, 3.63) is 88.6 Å². The highest BCUT2D eigenvalue weighted by atomic mass is 16.1. The molecule has 0 aliphatic rings. The van der Waals surface area contributed by atoms with E-state index in [4.69, 9.17) is 4.98 Å². The first kappa shape index (κ1) is 16.4. The van der Waals surface area contributed by atoms with Crippen molar-refractivity contribution >= 4 is 21.9 Å². The Kier molecular flexibility index (Phi) is 3.76. The third-order valence-electron chi connectivity index (χ3n) is 5.06. The fourth-order valence-corrected chi connectivity index (χ4v) is 3.54. The first-order valence-corrected chi connectivity index (χ1v) is 9.08. The second-order valence-corrected chi connectivity index (χ2v) is 6.81. The van der Waals surface area contributed by atoms with Crippen molar-refractivity contribution in [2.45, 2.75) is 12.8 Å². The van der Waals surface area contributed by atoms with Gasteiger partial charge in [0, 0.05) is 29.3 Å². The summed E-state index contributed by atoms with van der Waals surface area (Å²) in [5.74, 6) is -0.103. The minimum atomic E-state index is -0.169. The number of pyridine rings is 1. The summed E-state index contributed by atoms with van der Waals surface area (Å²) in [6, 6.07) is 17.6. The zero-order valence-electron chi connectivity index (χ0n) is 15.2. The minimum absolute atomic E-state index is 0.103. The molecule has 28 heavy (non-hydrogen) atoms. The van der Waals surface area contributed by atoms with Gasteiger partial charge in [-0.05, 0) is 29.8 Å². The van der Waals surface area contributed by atoms with Gasteiger partial charge in [-0.2, -0.15) is 5.10 Å². The first-order chi connectivity index (χ1) is 13.7. The molecule has 0 radical (unpaired) electrons. The molecule has 0 spiro atoms. The first-order valence-electron chi connectivity index (χ1n) is 9.08. The van der Waals surface area contributed by atoms with Gasteiger partial charge in [0.05, 0.1) is 16.6 Å². The zero-order chi connectivity index (χ0) is 19.1. The molecule has 1 atom stereocenters. The molecule has 0 aliphatic carbocycles. The van der Waals surface area contributed by atoms with Crippen molar-refractivity contribution in [1.82, 2.24) is 25.1 Å². The summed E-state index contributed by atoms with van der Waals surface area (Å²) in [7, 11) is 0. The van der Waals surface area contributed by atoms with Crippen LogP contribution in [0.25, 0.3) is 33.2 Å². The second-order valence-electron chi connectivity index (χ2n) is 6.81. The van der Waals surface area contributed by atoms with E-state index in [9.17, 15) is 4.79 Å². The van der Waals surface area contributed by atoms with Crippen LogP contribution in [0.15, 0.2) is 71.8 Å². The van der Waals surface area contributed by atoms with Gasteiger partial charge in [-0.1, -0.05) is 37.3 Å². The van der Waals surface area contributed by atoms with Crippen molar-refractivity contribution in [3.63, 3.8) is 0 Å². The van der Waals surface area contributed by atoms with E-state index >= 15 is 0 Å². The maximum Gasteiger partial charge on any atom is 0.270 e. The predicted molar refractivity (Wildman–Crippen MR) is 109 cm³/mol. The van der Waals surface area contributed by atoms with Gasteiger partial charge in [-0.3, -0.25) is 14.9 Å². The molecular weight excluding hydrogens is 350 g/mol. The molecular formula is C22H17N5O. The Morgan fingerprint density at radius 2 is 1.75 bits per heavy atom. The third-order valence-corrected chi connectivity index (χ3v) is 5.06. The molecule has 6 nitrogen and oxygen atoms in total. The standard InChI is InChI=1S/C22H17N5O/c1-13(14-5-3-2-4-6-14)20-22(28)25-19-12-17-16(11-18(19)24-20)21(27-26-17)15-7-9-23-10-8-15/h2-13H,1H3,(H,25,28)(H,26,27). The lowest BCUT2D eigenvalue weighted by atomic mass is 9.98. The molecule has 5 rings (SSSR count). The molecule has 3 aromatic heterocycles. The summed E-state index contributed by atoms with van der Waals surface area (Å²) >= 11 is 0. The van der Waals surface area contributed by atoms with Crippen LogP contribution in [-0.2, 0) is 0 Å². The maximum absolute atomic E-state index is 12.7. The van der Waals surface area contributed by atoms with E-state index in [0.717, 1.165) is 33.2 Å². The molecule has 2 aromatic carbocycles. The summed E-state index contributed by atoms with van der Waals surface area (Å²) in [6.45, 7) is 2.00. The monoisotopic (exact) mass is 367 g/mol. The van der Waals surface area contributed by atoms with Gasteiger partial charge in [0.25, 0.3) is 5.56 Å². The van der Waals surface area contributed by atoms with Gasteiger partial charge >= 0.3 is 0 Å². The molecule has 3 heterocycles. The number of benzene rings is 2. The lowest BCUT2D eigenvalue weighted by Crippen LogP contribution is -2.18. The summed E-state index contributed by atoms with van der Waals surface area (Å²) in [5.41, 5.74) is 5.48. The fraction of sp³-hybridized carbons (Fsp3) is 0.0909. The molecule has 0 aliphatic heterocycles. The molecule has 2 N–H and O–H groups in total. The highest BCUT2D eigenvalue weighted by Gasteiger charge is 2.16. The second kappa shape index (κ2) is 6.42. The smallest absolute Gasteiger partial charge is 0.270 e. The van der Waals surface area contributed by atoms with Gasteiger partial charge < -0.3 is 4.98 Å². The fourth-order valence-electron chi connectivity index (χ4n) is 3.54. The Bertz CT molecular complexity index is 1340. The largest absolute Gasteiger partial charge is 0.319 e. The van der Waals surface area contributed by atoms with Gasteiger partial charge in [0.15, 0.2) is 0 Å². The van der Waals surface area contributed by atoms with Crippen molar-refractivity contribution in [2.75, 3.05) is 0 Å². The predicted octanol–water partition coefficient (Wildman–Crippen LogP) is 4.01. The molecule has 0 saturated carbocycles. The summed E-state index contributed by atoms with van der Waals surface area (Å²) in [4.78, 5) is 24.4. The zero-order valence-corrected chi connectivity index (χ0v) is 15.2. The topological polar surface area (TPSA) is 87.3 Å². The average Bonchev–Trinajstić information content (AvgIpc) is 3.15. The van der Waals surface area contributed by atoms with Crippen LogP contribution < -0.4 is 5.56 Å². The van der Waals surface area contributed by atoms with Crippen molar-refractivity contribution < 1.29 is 0 Å². The lowest BCUT2D eigenvalue weighted by molar-refractivity contribution is 0.853. The summed E-state index contributed by atoms with van der Waals surface area (Å²) < 4.78 is 0. The maximum atomic E-state index is 12.7. The number of aromatic nitrogens is 5. The molecule has 0 fully saturated rings. The van der Waals surface area contributed by atoms with Crippen molar-refractivity contribution in [1.29, 1.82) is 0 Å². The number of nitrogens with one attached hydrogen (secondary N) is 2. The van der Waals surface area contributed by atoms with Gasteiger partial charge in [-0.25, -0.2) is 4.98 Å². The van der Waals surface area contributed by atoms with Crippen LogP contribution in [0.5, 0.6) is 0 Å². The molecule has 5 aromatic rings. The van der Waals surface area contributed by atoms with Crippen LogP contribution in [0, 0.1) is 0 Å². The number of hydrogen-bond acceptors (Lipinski definition) is 4. The summed E-state index contributed by atoms with van der Waals surface area (Å²) in [5, 5.41) is 8.44. The van der Waals surface area contributed by atoms with Gasteiger partial charge in [0.2, 0.25) is 0 Å². The number of hydrogen-bond donors (Lipinski definition) is 2. The Hall–Kier alpha value is -3.80. The van der Waals surface area contributed by atoms with Crippen LogP contribution in [0.4, 0.5) is 0 Å². The molecule has 1 unspecified atom stereocenters. The Labute approximate surface area is 160 Å². The Balaban J connectivity index is 1.70. The van der Waals surface area contributed by atoms with Crippen LogP contribution >= 0.6 is 0 Å². The highest BCUT2D eigenvalue weighted by Crippen LogP contribution is 2.29. The molecule has 6 heteroatoms.